The van der Waals surface area contributed by atoms with Crippen molar-refractivity contribution in [1.82, 2.24) is 15.6 Å². The van der Waals surface area contributed by atoms with Crippen molar-refractivity contribution < 1.29 is 14.3 Å². The van der Waals surface area contributed by atoms with Crippen LogP contribution in [-0.2, 0) is 4.79 Å². The lowest BCUT2D eigenvalue weighted by atomic mass is 10.0. The predicted molar refractivity (Wildman–Crippen MR) is 99.3 cm³/mol. The van der Waals surface area contributed by atoms with Crippen LogP contribution in [0.25, 0.3) is 0 Å². The van der Waals surface area contributed by atoms with E-state index in [1.807, 2.05) is 4.90 Å². The van der Waals surface area contributed by atoms with E-state index in [2.05, 4.69) is 29.7 Å². The molecule has 2 aliphatic heterocycles. The minimum absolute atomic E-state index is 0.0274. The summed E-state index contributed by atoms with van der Waals surface area (Å²) < 4.78 is 5.10. The first-order chi connectivity index (χ1) is 12.5. The summed E-state index contributed by atoms with van der Waals surface area (Å²) in [6.45, 7) is 5.35. The van der Waals surface area contributed by atoms with Crippen molar-refractivity contribution in [3.05, 3.63) is 29.8 Å². The molecule has 140 valence electrons. The van der Waals surface area contributed by atoms with Gasteiger partial charge in [0, 0.05) is 36.8 Å². The molecule has 2 aliphatic rings. The first-order valence-electron chi connectivity index (χ1n) is 9.03. The zero-order valence-corrected chi connectivity index (χ0v) is 15.5. The normalized spacial score (nSPS) is 22.2. The molecular weight excluding hydrogens is 332 g/mol. The van der Waals surface area contributed by atoms with Crippen LogP contribution in [0.3, 0.4) is 0 Å². The second-order valence-electron chi connectivity index (χ2n) is 7.12. The van der Waals surface area contributed by atoms with Crippen molar-refractivity contribution in [1.29, 1.82) is 0 Å². The number of rotatable bonds is 5. The Labute approximate surface area is 153 Å². The second-order valence-corrected chi connectivity index (χ2v) is 7.12. The zero-order chi connectivity index (χ0) is 18.7. The van der Waals surface area contributed by atoms with Crippen LogP contribution in [-0.4, -0.2) is 54.7 Å². The molecule has 7 nitrogen and oxygen atoms in total. The minimum Gasteiger partial charge on any atom is -0.497 e. The SMILES string of the molecule is COc1ccc(C(=O)NC2CCN(C(=O)C3CC(C(C)C)=NN3)C2)cc1. The Morgan fingerprint density at radius 1 is 1.31 bits per heavy atom. The average molecular weight is 358 g/mol. The molecule has 2 heterocycles. The van der Waals surface area contributed by atoms with E-state index in [1.165, 1.54) is 0 Å². The highest BCUT2D eigenvalue weighted by Crippen LogP contribution is 2.17. The van der Waals surface area contributed by atoms with Crippen molar-refractivity contribution in [3.8, 4) is 5.75 Å². The van der Waals surface area contributed by atoms with Crippen LogP contribution >= 0.6 is 0 Å². The molecule has 2 amide bonds. The summed E-state index contributed by atoms with van der Waals surface area (Å²) in [7, 11) is 1.59. The number of hydrazone groups is 1. The first kappa shape index (κ1) is 18.2. The van der Waals surface area contributed by atoms with Crippen LogP contribution in [0.15, 0.2) is 29.4 Å². The third-order valence-corrected chi connectivity index (χ3v) is 4.93. The lowest BCUT2D eigenvalue weighted by Gasteiger charge is -2.20. The molecular formula is C19H26N4O3. The monoisotopic (exact) mass is 358 g/mol. The predicted octanol–water partition coefficient (Wildman–Crippen LogP) is 1.40. The molecule has 2 atom stereocenters. The Bertz CT molecular complexity index is 699. The van der Waals surface area contributed by atoms with Gasteiger partial charge in [0.25, 0.3) is 5.91 Å². The quantitative estimate of drug-likeness (QED) is 0.833. The third kappa shape index (κ3) is 3.98. The van der Waals surface area contributed by atoms with Gasteiger partial charge in [-0.05, 0) is 36.6 Å². The van der Waals surface area contributed by atoms with Crippen LogP contribution in [0.2, 0.25) is 0 Å². The lowest BCUT2D eigenvalue weighted by Crippen LogP contribution is -2.44. The van der Waals surface area contributed by atoms with E-state index in [4.69, 9.17) is 4.74 Å². The van der Waals surface area contributed by atoms with Gasteiger partial charge in [-0.3, -0.25) is 15.0 Å². The van der Waals surface area contributed by atoms with E-state index < -0.39 is 0 Å². The molecule has 0 radical (unpaired) electrons. The number of carbonyl (C=O) groups is 2. The number of hydrogen-bond acceptors (Lipinski definition) is 5. The van der Waals surface area contributed by atoms with E-state index in [1.54, 1.807) is 31.4 Å². The van der Waals surface area contributed by atoms with Crippen LogP contribution in [0.4, 0.5) is 0 Å². The average Bonchev–Trinajstić information content (AvgIpc) is 3.31. The Balaban J connectivity index is 1.50. The fourth-order valence-corrected chi connectivity index (χ4v) is 3.28. The minimum atomic E-state index is -0.275. The standard InChI is InChI=1S/C19H26N4O3/c1-12(2)16-10-17(22-21-16)19(25)23-9-8-14(11-23)20-18(24)13-4-6-15(26-3)7-5-13/h4-7,12,14,17,22H,8-11H2,1-3H3,(H,20,24). The topological polar surface area (TPSA) is 83.0 Å². The summed E-state index contributed by atoms with van der Waals surface area (Å²) >= 11 is 0. The van der Waals surface area contributed by atoms with Gasteiger partial charge in [-0.15, -0.1) is 0 Å². The maximum atomic E-state index is 12.7. The first-order valence-corrected chi connectivity index (χ1v) is 9.03. The van der Waals surface area contributed by atoms with Crippen molar-refractivity contribution >= 4 is 17.5 Å². The molecule has 0 saturated carbocycles. The van der Waals surface area contributed by atoms with E-state index >= 15 is 0 Å². The summed E-state index contributed by atoms with van der Waals surface area (Å²) in [6.07, 6.45) is 1.42. The Morgan fingerprint density at radius 2 is 2.04 bits per heavy atom. The molecule has 7 heteroatoms. The number of hydrogen-bond donors (Lipinski definition) is 2. The van der Waals surface area contributed by atoms with Gasteiger partial charge in [-0.25, -0.2) is 0 Å². The molecule has 1 fully saturated rings. The maximum Gasteiger partial charge on any atom is 0.251 e. The molecule has 1 aromatic carbocycles. The summed E-state index contributed by atoms with van der Waals surface area (Å²) in [4.78, 5) is 26.8. The van der Waals surface area contributed by atoms with Crippen molar-refractivity contribution in [2.24, 2.45) is 11.0 Å². The highest BCUT2D eigenvalue weighted by atomic mass is 16.5. The fraction of sp³-hybridized carbons (Fsp3) is 0.526. The number of nitrogens with one attached hydrogen (secondary N) is 2. The van der Waals surface area contributed by atoms with Crippen LogP contribution in [0.5, 0.6) is 5.75 Å². The van der Waals surface area contributed by atoms with E-state index in [0.717, 1.165) is 12.1 Å². The van der Waals surface area contributed by atoms with Gasteiger partial charge >= 0.3 is 0 Å². The Morgan fingerprint density at radius 3 is 2.65 bits per heavy atom. The van der Waals surface area contributed by atoms with E-state index in [-0.39, 0.29) is 23.9 Å². The van der Waals surface area contributed by atoms with Gasteiger partial charge in [0.1, 0.15) is 11.8 Å². The summed E-state index contributed by atoms with van der Waals surface area (Å²) in [5.74, 6) is 0.989. The lowest BCUT2D eigenvalue weighted by molar-refractivity contribution is -0.132. The number of likely N-dealkylation sites (tertiary alicyclic amines) is 1. The van der Waals surface area contributed by atoms with Gasteiger partial charge in [0.2, 0.25) is 5.91 Å². The van der Waals surface area contributed by atoms with Gasteiger partial charge in [0.15, 0.2) is 0 Å². The van der Waals surface area contributed by atoms with E-state index in [9.17, 15) is 9.59 Å². The van der Waals surface area contributed by atoms with Crippen molar-refractivity contribution in [2.75, 3.05) is 20.2 Å². The largest absolute Gasteiger partial charge is 0.497 e. The molecule has 3 rings (SSSR count). The van der Waals surface area contributed by atoms with Crippen LogP contribution < -0.4 is 15.5 Å². The van der Waals surface area contributed by atoms with Gasteiger partial charge in [-0.1, -0.05) is 13.8 Å². The fourth-order valence-electron chi connectivity index (χ4n) is 3.28. The highest BCUT2D eigenvalue weighted by molar-refractivity contribution is 5.96. The molecule has 0 aromatic heterocycles. The summed E-state index contributed by atoms with van der Waals surface area (Å²) in [6, 6.07) is 6.69. The Kier molecular flexibility index (Phi) is 5.44. The van der Waals surface area contributed by atoms with Crippen molar-refractivity contribution in [2.45, 2.75) is 38.8 Å². The molecule has 26 heavy (non-hydrogen) atoms. The molecule has 2 unspecified atom stereocenters. The van der Waals surface area contributed by atoms with E-state index in [0.29, 0.717) is 36.7 Å². The third-order valence-electron chi connectivity index (χ3n) is 4.93. The summed E-state index contributed by atoms with van der Waals surface area (Å²) in [5.41, 5.74) is 4.57. The van der Waals surface area contributed by atoms with Gasteiger partial charge in [0.05, 0.1) is 7.11 Å². The number of benzene rings is 1. The van der Waals surface area contributed by atoms with Gasteiger partial charge in [-0.2, -0.15) is 5.10 Å². The number of ether oxygens (including phenoxy) is 1. The smallest absolute Gasteiger partial charge is 0.251 e. The molecule has 0 spiro atoms. The van der Waals surface area contributed by atoms with Crippen LogP contribution in [0, 0.1) is 5.92 Å². The number of amides is 2. The molecule has 0 bridgehead atoms. The van der Waals surface area contributed by atoms with Crippen molar-refractivity contribution in [3.63, 3.8) is 0 Å². The molecule has 1 saturated heterocycles. The second kappa shape index (κ2) is 7.76. The molecule has 2 N–H and O–H groups in total. The Hall–Kier alpha value is -2.57. The van der Waals surface area contributed by atoms with Crippen LogP contribution in [0.1, 0.15) is 37.0 Å². The molecule has 0 aliphatic carbocycles. The number of nitrogens with zero attached hydrogens (tertiary/aromatic N) is 2. The maximum absolute atomic E-state index is 12.7. The highest BCUT2D eigenvalue weighted by Gasteiger charge is 2.34. The van der Waals surface area contributed by atoms with Gasteiger partial charge < -0.3 is 15.0 Å². The molecule has 1 aromatic rings. The number of methoxy groups -OCH3 is 1. The zero-order valence-electron chi connectivity index (χ0n) is 15.5. The summed E-state index contributed by atoms with van der Waals surface area (Å²) in [5, 5.41) is 7.28. The number of carbonyl (C=O) groups excluding carboxylic acids is 2.